The molecule has 7 nitrogen and oxygen atoms in total. The number of nitrogens with one attached hydrogen (secondary N) is 2. The molecule has 2 aromatic carbocycles. The number of fused-ring (bicyclic) bond motifs is 1. The molecule has 0 saturated carbocycles. The van der Waals surface area contributed by atoms with Gasteiger partial charge in [0.2, 0.25) is 5.82 Å². The molecule has 1 aliphatic carbocycles. The van der Waals surface area contributed by atoms with Gasteiger partial charge in [-0.25, -0.2) is 4.79 Å². The third-order valence-corrected chi connectivity index (χ3v) is 6.08. The first-order valence-electron chi connectivity index (χ1n) is 9.52. The van der Waals surface area contributed by atoms with Gasteiger partial charge in [0.25, 0.3) is 5.91 Å². The maximum atomic E-state index is 12.1. The molecule has 3 N–H and O–H groups in total. The molecule has 0 bridgehead atoms. The van der Waals surface area contributed by atoms with Crippen molar-refractivity contribution >= 4 is 34.8 Å². The van der Waals surface area contributed by atoms with Gasteiger partial charge in [0.05, 0.1) is 0 Å². The highest BCUT2D eigenvalue weighted by Gasteiger charge is 2.23. The first-order chi connectivity index (χ1) is 14.3. The monoisotopic (exact) mass is 447 g/mol. The van der Waals surface area contributed by atoms with Crippen LogP contribution in [0.2, 0.25) is 10.0 Å². The van der Waals surface area contributed by atoms with Crippen molar-refractivity contribution < 1.29 is 14.4 Å². The standard InChI is InChI=1S/C21H19Cl2N3O4/c1-10-3-2-4-13-11(5-6-17(27)18(10)13)7-14-15(22)8-12(9-16(14)23)24-20(28)19-25-21(29)30-26-19/h5-6,8-10,27H,2-4,7H2,1H3,(H,24,28)(H,25,26,29). The van der Waals surface area contributed by atoms with Crippen LogP contribution in [0.3, 0.4) is 0 Å². The van der Waals surface area contributed by atoms with Crippen LogP contribution >= 0.6 is 23.2 Å². The number of aromatic amines is 1. The number of benzene rings is 2. The fraction of sp³-hybridized carbons (Fsp3) is 0.286. The number of phenolic OH excluding ortho intramolecular Hbond substituents is 1. The van der Waals surface area contributed by atoms with E-state index in [1.807, 2.05) is 6.07 Å². The number of carbonyl (C=O) groups excluding carboxylic acids is 1. The minimum Gasteiger partial charge on any atom is -0.508 e. The second kappa shape index (κ2) is 8.16. The molecule has 30 heavy (non-hydrogen) atoms. The Hall–Kier alpha value is -2.77. The van der Waals surface area contributed by atoms with Crippen molar-refractivity contribution in [3.05, 3.63) is 72.9 Å². The van der Waals surface area contributed by atoms with Gasteiger partial charge in [-0.3, -0.25) is 14.3 Å². The Labute approximate surface area is 182 Å². The van der Waals surface area contributed by atoms with Crippen LogP contribution in [-0.2, 0) is 12.8 Å². The molecule has 1 atom stereocenters. The summed E-state index contributed by atoms with van der Waals surface area (Å²) in [5, 5.41) is 17.0. The van der Waals surface area contributed by atoms with Crippen LogP contribution in [0.15, 0.2) is 33.6 Å². The van der Waals surface area contributed by atoms with E-state index in [9.17, 15) is 14.7 Å². The summed E-state index contributed by atoms with van der Waals surface area (Å²) in [7, 11) is 0. The van der Waals surface area contributed by atoms with Gasteiger partial charge in [-0.1, -0.05) is 36.2 Å². The number of aromatic hydroxyl groups is 1. The Kier molecular flexibility index (Phi) is 5.58. The third-order valence-electron chi connectivity index (χ3n) is 5.41. The van der Waals surface area contributed by atoms with E-state index in [-0.39, 0.29) is 5.82 Å². The van der Waals surface area contributed by atoms with E-state index in [2.05, 4.69) is 26.9 Å². The van der Waals surface area contributed by atoms with Crippen molar-refractivity contribution in [1.82, 2.24) is 10.1 Å². The SMILES string of the molecule is CC1CCCc2c(Cc3c(Cl)cc(NC(=O)c4noc(=O)[nH]4)cc3Cl)ccc(O)c21. The summed E-state index contributed by atoms with van der Waals surface area (Å²) >= 11 is 13.0. The van der Waals surface area contributed by atoms with Gasteiger partial charge in [-0.15, -0.1) is 0 Å². The average Bonchev–Trinajstić information content (AvgIpc) is 3.13. The largest absolute Gasteiger partial charge is 0.508 e. The lowest BCUT2D eigenvalue weighted by molar-refractivity contribution is 0.101. The summed E-state index contributed by atoms with van der Waals surface area (Å²) < 4.78 is 4.33. The van der Waals surface area contributed by atoms with Gasteiger partial charge in [0, 0.05) is 27.7 Å². The molecular formula is C21H19Cl2N3O4. The van der Waals surface area contributed by atoms with Crippen molar-refractivity contribution in [2.45, 2.75) is 38.5 Å². The Balaban J connectivity index is 1.61. The maximum Gasteiger partial charge on any atom is 0.439 e. The zero-order valence-electron chi connectivity index (χ0n) is 16.1. The molecule has 0 fully saturated rings. The third kappa shape index (κ3) is 3.95. The minimum atomic E-state index is -0.821. The number of phenols is 1. The number of carbonyl (C=O) groups is 1. The molecule has 1 aliphatic rings. The number of nitrogens with zero attached hydrogens (tertiary/aromatic N) is 1. The van der Waals surface area contributed by atoms with Crippen LogP contribution in [0.5, 0.6) is 5.75 Å². The normalized spacial score (nSPS) is 15.6. The van der Waals surface area contributed by atoms with Crippen molar-refractivity contribution in [3.8, 4) is 5.75 Å². The molecule has 1 aromatic heterocycles. The number of anilines is 1. The molecule has 4 rings (SSSR count). The molecule has 0 saturated heterocycles. The molecule has 3 aromatic rings. The highest BCUT2D eigenvalue weighted by atomic mass is 35.5. The van der Waals surface area contributed by atoms with Gasteiger partial charge in [0.15, 0.2) is 0 Å². The minimum absolute atomic E-state index is 0.249. The van der Waals surface area contributed by atoms with Crippen molar-refractivity contribution in [3.63, 3.8) is 0 Å². The lowest BCUT2D eigenvalue weighted by atomic mass is 9.80. The summed E-state index contributed by atoms with van der Waals surface area (Å²) in [6, 6.07) is 6.82. The lowest BCUT2D eigenvalue weighted by Crippen LogP contribution is -2.15. The van der Waals surface area contributed by atoms with E-state index in [0.717, 1.165) is 41.5 Å². The predicted octanol–water partition coefficient (Wildman–Crippen LogP) is 4.66. The predicted molar refractivity (Wildman–Crippen MR) is 114 cm³/mol. The van der Waals surface area contributed by atoms with E-state index < -0.39 is 11.7 Å². The van der Waals surface area contributed by atoms with Crippen molar-refractivity contribution in [1.29, 1.82) is 0 Å². The number of halogens is 2. The van der Waals surface area contributed by atoms with Gasteiger partial charge in [-0.2, -0.15) is 0 Å². The molecule has 0 aliphatic heterocycles. The molecule has 0 radical (unpaired) electrons. The molecule has 1 unspecified atom stereocenters. The van der Waals surface area contributed by atoms with Gasteiger partial charge < -0.3 is 10.4 Å². The van der Waals surface area contributed by atoms with Crippen LogP contribution in [0, 0.1) is 0 Å². The molecule has 1 heterocycles. The Morgan fingerprint density at radius 3 is 2.73 bits per heavy atom. The number of H-pyrrole nitrogens is 1. The Bertz CT molecular complexity index is 1160. The van der Waals surface area contributed by atoms with Gasteiger partial charge in [0.1, 0.15) is 5.75 Å². The summed E-state index contributed by atoms with van der Waals surface area (Å²) in [6.07, 6.45) is 3.54. The molecule has 9 heteroatoms. The zero-order valence-corrected chi connectivity index (χ0v) is 17.6. The highest BCUT2D eigenvalue weighted by molar-refractivity contribution is 6.36. The maximum absolute atomic E-state index is 12.1. The number of hydrogen-bond donors (Lipinski definition) is 3. The second-order valence-corrected chi connectivity index (χ2v) is 8.24. The van der Waals surface area contributed by atoms with Crippen LogP contribution in [0.4, 0.5) is 5.69 Å². The van der Waals surface area contributed by atoms with E-state index in [0.29, 0.717) is 33.8 Å². The number of amides is 1. The molecule has 0 spiro atoms. The summed E-state index contributed by atoms with van der Waals surface area (Å²) in [6.45, 7) is 2.13. The smallest absolute Gasteiger partial charge is 0.439 e. The Morgan fingerprint density at radius 1 is 1.33 bits per heavy atom. The fourth-order valence-corrected chi connectivity index (χ4v) is 4.61. The Morgan fingerprint density at radius 2 is 2.07 bits per heavy atom. The fourth-order valence-electron chi connectivity index (χ4n) is 3.99. The van der Waals surface area contributed by atoms with Crippen molar-refractivity contribution in [2.75, 3.05) is 5.32 Å². The zero-order chi connectivity index (χ0) is 21.4. The number of hydrogen-bond acceptors (Lipinski definition) is 5. The summed E-state index contributed by atoms with van der Waals surface area (Å²) in [5.74, 6) is -1.08. The first-order valence-corrected chi connectivity index (χ1v) is 10.3. The van der Waals surface area contributed by atoms with Crippen LogP contribution < -0.4 is 11.1 Å². The number of aromatic nitrogens is 2. The van der Waals surface area contributed by atoms with Crippen LogP contribution in [-0.4, -0.2) is 21.2 Å². The number of rotatable bonds is 4. The molecule has 1 amide bonds. The van der Waals surface area contributed by atoms with E-state index in [1.54, 1.807) is 18.2 Å². The molecular weight excluding hydrogens is 429 g/mol. The van der Waals surface area contributed by atoms with E-state index in [1.165, 1.54) is 0 Å². The summed E-state index contributed by atoms with van der Waals surface area (Å²) in [4.78, 5) is 25.3. The van der Waals surface area contributed by atoms with Gasteiger partial charge >= 0.3 is 5.76 Å². The van der Waals surface area contributed by atoms with E-state index >= 15 is 0 Å². The van der Waals surface area contributed by atoms with Gasteiger partial charge in [-0.05, 0) is 65.2 Å². The van der Waals surface area contributed by atoms with Crippen LogP contribution in [0.25, 0.3) is 0 Å². The van der Waals surface area contributed by atoms with E-state index in [4.69, 9.17) is 23.2 Å². The summed E-state index contributed by atoms with van der Waals surface area (Å²) in [5.41, 5.74) is 4.35. The average molecular weight is 448 g/mol. The van der Waals surface area contributed by atoms with Crippen LogP contribution in [0.1, 0.15) is 58.6 Å². The molecule has 156 valence electrons. The quantitative estimate of drug-likeness (QED) is 0.538. The second-order valence-electron chi connectivity index (χ2n) is 7.42. The topological polar surface area (TPSA) is 108 Å². The first kappa shape index (κ1) is 20.5. The van der Waals surface area contributed by atoms with Crippen molar-refractivity contribution in [2.24, 2.45) is 0 Å². The lowest BCUT2D eigenvalue weighted by Gasteiger charge is -2.26. The highest BCUT2D eigenvalue weighted by Crippen LogP contribution is 2.40.